The van der Waals surface area contributed by atoms with Crippen LogP contribution in [0.1, 0.15) is 281 Å². The normalized spacial score (nSPS) is 11.8. The Bertz CT molecular complexity index is 2100. The van der Waals surface area contributed by atoms with Crippen LogP contribution in [0.25, 0.3) is 21.5 Å². The zero-order valence-electron chi connectivity index (χ0n) is 47.0. The third-order valence-electron chi connectivity index (χ3n) is 15.0. The zero-order valence-corrected chi connectivity index (χ0v) is 50.9. The summed E-state index contributed by atoms with van der Waals surface area (Å²) in [5.74, 6) is 0. The maximum absolute atomic E-state index is 11.8. The van der Waals surface area contributed by atoms with Crippen molar-refractivity contribution in [3.63, 3.8) is 0 Å². The Morgan fingerprint density at radius 1 is 0.301 bits per heavy atom. The Labute approximate surface area is 478 Å². The average Bonchev–Trinajstić information content (AvgIpc) is 3.36. The second-order valence-electron chi connectivity index (χ2n) is 21.5. The van der Waals surface area contributed by atoms with Gasteiger partial charge >= 0.3 is 37.7 Å². The Kier molecular flexibility index (Phi) is 38.5. The molecule has 9 heteroatoms. The van der Waals surface area contributed by atoms with E-state index in [0.717, 1.165) is 96.9 Å². The molecule has 0 heterocycles. The molecular formula is C64H102CaO6S2. The first-order valence-corrected chi connectivity index (χ1v) is 32.8. The Balaban J connectivity index is 0.000000493. The van der Waals surface area contributed by atoms with E-state index in [-0.39, 0.29) is 47.5 Å². The zero-order chi connectivity index (χ0) is 52.1. The summed E-state index contributed by atoms with van der Waals surface area (Å²) in [6.07, 6.45) is 49.8. The van der Waals surface area contributed by atoms with E-state index < -0.39 is 20.2 Å². The molecule has 0 spiro atoms. The van der Waals surface area contributed by atoms with Crippen molar-refractivity contribution in [2.45, 2.75) is 294 Å². The first kappa shape index (κ1) is 67.6. The third-order valence-corrected chi connectivity index (χ3v) is 16.6. The van der Waals surface area contributed by atoms with Crippen molar-refractivity contribution in [1.29, 1.82) is 0 Å². The van der Waals surface area contributed by atoms with Gasteiger partial charge in [0.25, 0.3) is 0 Å². The van der Waals surface area contributed by atoms with Crippen molar-refractivity contribution >= 4 is 79.5 Å². The van der Waals surface area contributed by atoms with Crippen molar-refractivity contribution in [2.75, 3.05) is 0 Å². The van der Waals surface area contributed by atoms with E-state index in [1.165, 1.54) is 204 Å². The molecule has 0 aliphatic rings. The molecule has 0 radical (unpaired) electrons. The Morgan fingerprint density at radius 2 is 0.534 bits per heavy atom. The summed E-state index contributed by atoms with van der Waals surface area (Å²) in [5.41, 5.74) is 4.47. The number of rotatable bonds is 42. The predicted octanol–water partition coefficient (Wildman–Crippen LogP) is 19.4. The summed E-state index contributed by atoms with van der Waals surface area (Å²) in [6, 6.07) is 19.3. The number of benzene rings is 4. The molecule has 4 aromatic rings. The van der Waals surface area contributed by atoms with E-state index in [2.05, 4.69) is 64.1 Å². The predicted molar refractivity (Wildman–Crippen MR) is 313 cm³/mol. The van der Waals surface area contributed by atoms with Crippen molar-refractivity contribution in [3.05, 3.63) is 82.9 Å². The van der Waals surface area contributed by atoms with Gasteiger partial charge < -0.3 is 9.11 Å². The maximum atomic E-state index is 11.8. The number of hydrogen-bond acceptors (Lipinski definition) is 6. The standard InChI is InChI=1S/2C32H52O3S.Ca/c2*1-3-5-7-9-11-13-15-17-19-21-28-23-24-32-29(22-20-18-16-14-12-10-8-6-4-2)26-31(36(33,34)35)27-30(32)25-28;/h2*23-27H,3-22H2,1-2H3,(H,33,34,35);/q;;+2/p-2. The summed E-state index contributed by atoms with van der Waals surface area (Å²) in [7, 11) is -8.93. The molecule has 0 N–H and O–H groups in total. The number of hydrogen-bond donors (Lipinski definition) is 0. The van der Waals surface area contributed by atoms with Crippen LogP contribution in [0.15, 0.2) is 70.5 Å². The van der Waals surface area contributed by atoms with Crippen LogP contribution in [0.3, 0.4) is 0 Å². The fourth-order valence-corrected chi connectivity index (χ4v) is 11.6. The van der Waals surface area contributed by atoms with Gasteiger partial charge in [0.05, 0.1) is 9.79 Å². The van der Waals surface area contributed by atoms with Gasteiger partial charge in [0, 0.05) is 0 Å². The molecule has 0 unspecified atom stereocenters. The quantitative estimate of drug-likeness (QED) is 0.0248. The average molecular weight is 1070 g/mol. The monoisotopic (exact) mass is 1070 g/mol. The van der Waals surface area contributed by atoms with Crippen molar-refractivity contribution in [3.8, 4) is 0 Å². The summed E-state index contributed by atoms with van der Waals surface area (Å²) in [5, 5.41) is 3.98. The van der Waals surface area contributed by atoms with Gasteiger partial charge in [0.2, 0.25) is 0 Å². The molecule has 0 atom stereocenters. The fourth-order valence-electron chi connectivity index (χ4n) is 10.5. The van der Waals surface area contributed by atoms with E-state index in [9.17, 15) is 25.9 Å². The molecule has 0 amide bonds. The van der Waals surface area contributed by atoms with Crippen LogP contribution in [0.5, 0.6) is 0 Å². The van der Waals surface area contributed by atoms with E-state index in [1.54, 1.807) is 24.3 Å². The van der Waals surface area contributed by atoms with Gasteiger partial charge in [-0.15, -0.1) is 0 Å². The first-order valence-electron chi connectivity index (χ1n) is 29.9. The summed E-state index contributed by atoms with van der Waals surface area (Å²) < 4.78 is 71.0. The first-order chi connectivity index (χ1) is 34.9. The summed E-state index contributed by atoms with van der Waals surface area (Å²) in [4.78, 5) is -0.165. The van der Waals surface area contributed by atoms with Crippen LogP contribution >= 0.6 is 0 Å². The largest absolute Gasteiger partial charge is 2.00 e. The molecule has 0 aliphatic heterocycles. The second kappa shape index (κ2) is 41.6. The minimum atomic E-state index is -4.47. The third kappa shape index (κ3) is 30.3. The van der Waals surface area contributed by atoms with Gasteiger partial charge in [-0.25, -0.2) is 16.8 Å². The van der Waals surface area contributed by atoms with Crippen LogP contribution in [-0.4, -0.2) is 63.7 Å². The van der Waals surface area contributed by atoms with Gasteiger partial charge in [-0.05, 0) is 119 Å². The smallest absolute Gasteiger partial charge is 0.744 e. The Morgan fingerprint density at radius 3 is 0.781 bits per heavy atom. The Hall–Kier alpha value is -1.52. The minimum Gasteiger partial charge on any atom is -0.744 e. The van der Waals surface area contributed by atoms with Gasteiger partial charge in [-0.1, -0.05) is 270 Å². The van der Waals surface area contributed by atoms with Crippen LogP contribution in [0, 0.1) is 0 Å². The molecule has 73 heavy (non-hydrogen) atoms. The topological polar surface area (TPSA) is 114 Å². The molecular weight excluding hydrogens is 969 g/mol. The van der Waals surface area contributed by atoms with Gasteiger partial charge in [0.15, 0.2) is 0 Å². The van der Waals surface area contributed by atoms with Gasteiger partial charge in [0.1, 0.15) is 20.2 Å². The summed E-state index contributed by atoms with van der Waals surface area (Å²) >= 11 is 0. The number of aryl methyl sites for hydroxylation is 4. The van der Waals surface area contributed by atoms with E-state index in [4.69, 9.17) is 0 Å². The molecule has 0 saturated carbocycles. The van der Waals surface area contributed by atoms with Crippen LogP contribution < -0.4 is 0 Å². The molecule has 408 valence electrons. The van der Waals surface area contributed by atoms with Crippen molar-refractivity contribution in [1.82, 2.24) is 0 Å². The van der Waals surface area contributed by atoms with Crippen molar-refractivity contribution < 1.29 is 25.9 Å². The maximum Gasteiger partial charge on any atom is 2.00 e. The van der Waals surface area contributed by atoms with E-state index in [1.807, 2.05) is 0 Å². The van der Waals surface area contributed by atoms with E-state index >= 15 is 0 Å². The molecule has 6 nitrogen and oxygen atoms in total. The molecule has 4 aromatic carbocycles. The minimum absolute atomic E-state index is 0. The van der Waals surface area contributed by atoms with Gasteiger partial charge in [-0.3, -0.25) is 0 Å². The molecule has 0 saturated heterocycles. The molecule has 0 bridgehead atoms. The molecule has 0 aliphatic carbocycles. The molecule has 0 aromatic heterocycles. The summed E-state index contributed by atoms with van der Waals surface area (Å²) in [6.45, 7) is 9.00. The fraction of sp³-hybridized carbons (Fsp3) is 0.688. The SMILES string of the molecule is CCCCCCCCCCCc1ccc2c(CCCCCCCCCCC)cc(S(=O)(=O)[O-])cc2c1.CCCCCCCCCCCc1ccc2c(CCCCCCCCCCC)cc(S(=O)(=O)[O-])cc2c1.[Ca+2]. The van der Waals surface area contributed by atoms with Crippen LogP contribution in [0.4, 0.5) is 0 Å². The second-order valence-corrected chi connectivity index (χ2v) is 24.3. The van der Waals surface area contributed by atoms with Gasteiger partial charge in [-0.2, -0.15) is 0 Å². The number of fused-ring (bicyclic) bond motifs is 2. The molecule has 4 rings (SSSR count). The van der Waals surface area contributed by atoms with Crippen molar-refractivity contribution in [2.24, 2.45) is 0 Å². The van der Waals surface area contributed by atoms with Crippen LogP contribution in [0.2, 0.25) is 0 Å². The van der Waals surface area contributed by atoms with Crippen LogP contribution in [-0.2, 0) is 45.9 Å². The van der Waals surface area contributed by atoms with E-state index in [0.29, 0.717) is 0 Å². The molecule has 0 fully saturated rings. The number of unbranched alkanes of at least 4 members (excludes halogenated alkanes) is 32.